The Morgan fingerprint density at radius 2 is 1.77 bits per heavy atom. The van der Waals surface area contributed by atoms with Gasteiger partial charge >= 0.3 is 6.09 Å². The predicted octanol–water partition coefficient (Wildman–Crippen LogP) is 4.10. The number of aliphatic hydroxyl groups is 1. The molecule has 12 heteroatoms. The molecule has 2 fully saturated rings. The minimum Gasteiger partial charge on any atom is -0.486 e. The summed E-state index contributed by atoms with van der Waals surface area (Å²) in [5.41, 5.74) is 1.98. The Kier molecular flexibility index (Phi) is 9.51. The van der Waals surface area contributed by atoms with Crippen LogP contribution in [0.4, 0.5) is 4.79 Å². The average molecular weight is 647 g/mol. The fraction of sp³-hybridized carbons (Fsp3) is 0.486. The van der Waals surface area contributed by atoms with Crippen molar-refractivity contribution in [2.75, 3.05) is 19.8 Å². The maximum absolute atomic E-state index is 13.3. The smallest absolute Gasteiger partial charge is 0.410 e. The summed E-state index contributed by atoms with van der Waals surface area (Å²) in [5, 5.41) is 14.1. The molecule has 0 saturated carbocycles. The summed E-state index contributed by atoms with van der Waals surface area (Å²) in [6.07, 6.45) is 4.60. The highest BCUT2D eigenvalue weighted by Crippen LogP contribution is 2.31. The molecule has 0 aliphatic carbocycles. The zero-order valence-electron chi connectivity index (χ0n) is 27.0. The number of aromatic nitrogens is 1. The van der Waals surface area contributed by atoms with Crippen LogP contribution in [-0.2, 0) is 29.0 Å². The van der Waals surface area contributed by atoms with Crippen LogP contribution in [-0.4, -0.2) is 87.4 Å². The van der Waals surface area contributed by atoms with Crippen LogP contribution in [0.2, 0.25) is 0 Å². The number of fused-ring (bicyclic) bond motifs is 3. The molecule has 3 aromatic rings. The number of oxazole rings is 1. The second-order valence-electron chi connectivity index (χ2n) is 13.4. The van der Waals surface area contributed by atoms with Crippen molar-refractivity contribution < 1.29 is 38.1 Å². The highest BCUT2D eigenvalue weighted by molar-refractivity contribution is 5.98. The molecule has 0 unspecified atom stereocenters. The topological polar surface area (TPSA) is 144 Å². The largest absolute Gasteiger partial charge is 0.486 e. The van der Waals surface area contributed by atoms with Crippen LogP contribution in [0.25, 0.3) is 0 Å². The first-order valence-electron chi connectivity index (χ1n) is 16.1. The van der Waals surface area contributed by atoms with E-state index in [1.165, 1.54) is 11.3 Å². The van der Waals surface area contributed by atoms with Crippen molar-refractivity contribution in [1.82, 2.24) is 20.1 Å². The molecule has 4 heterocycles. The van der Waals surface area contributed by atoms with Crippen LogP contribution in [0.15, 0.2) is 59.5 Å². The van der Waals surface area contributed by atoms with E-state index in [0.717, 1.165) is 30.4 Å². The molecule has 2 bridgehead atoms. The molecule has 0 spiro atoms. The SMILES string of the molecule is CC(C)(C)OC(=O)N1Cc2cc(OCc3cnco3)ccc2C[C@H]1[C@H](O)CNC(=O)c1ccc(C(=O)N2[C@@H]3CCC[C@H]2COC3)cc1. The maximum Gasteiger partial charge on any atom is 0.410 e. The normalized spacial score (nSPS) is 21.4. The summed E-state index contributed by atoms with van der Waals surface area (Å²) in [5.74, 6) is 0.762. The van der Waals surface area contributed by atoms with E-state index >= 15 is 0 Å². The molecule has 2 saturated heterocycles. The molecule has 1 aromatic heterocycles. The van der Waals surface area contributed by atoms with Crippen LogP contribution in [0, 0.1) is 0 Å². The second kappa shape index (κ2) is 13.7. The number of ether oxygens (including phenoxy) is 3. The Bertz CT molecular complexity index is 1550. The van der Waals surface area contributed by atoms with E-state index in [0.29, 0.717) is 42.3 Å². The molecule has 250 valence electrons. The molecule has 2 aromatic carbocycles. The third-order valence-electron chi connectivity index (χ3n) is 8.87. The molecule has 12 nitrogen and oxygen atoms in total. The molecule has 47 heavy (non-hydrogen) atoms. The Morgan fingerprint density at radius 1 is 1.04 bits per heavy atom. The summed E-state index contributed by atoms with van der Waals surface area (Å²) >= 11 is 0. The summed E-state index contributed by atoms with van der Waals surface area (Å²) in [6.45, 7) is 6.80. The van der Waals surface area contributed by atoms with Crippen LogP contribution >= 0.6 is 0 Å². The van der Waals surface area contributed by atoms with Crippen LogP contribution in [0.3, 0.4) is 0 Å². The van der Waals surface area contributed by atoms with Gasteiger partial charge in [-0.05, 0) is 94.0 Å². The number of rotatable bonds is 8. The Morgan fingerprint density at radius 3 is 2.45 bits per heavy atom. The highest BCUT2D eigenvalue weighted by atomic mass is 16.6. The standard InChI is InChI=1S/C35H42N4O8/c1-35(2,3)47-34(43)38-17-25-13-28(45-20-29-15-36-21-46-29)12-11-24(25)14-30(38)31(40)16-37-32(41)22-7-9-23(10-8-22)33(42)39-26-5-4-6-27(39)19-44-18-26/h7-13,15,21,26-27,30-31,40H,4-6,14,16-20H2,1-3H3,(H,37,41)/t26-,27+,30-,31+/m0/s1. The highest BCUT2D eigenvalue weighted by Gasteiger charge is 2.39. The van der Waals surface area contributed by atoms with Crippen molar-refractivity contribution in [3.8, 4) is 5.75 Å². The number of piperidine rings is 1. The monoisotopic (exact) mass is 646 g/mol. The minimum atomic E-state index is -1.08. The van der Waals surface area contributed by atoms with Crippen molar-refractivity contribution in [3.05, 3.63) is 83.1 Å². The number of morpholine rings is 1. The molecule has 2 N–H and O–H groups in total. The molecule has 0 radical (unpaired) electrons. The molecule has 3 amide bonds. The molecule has 3 aliphatic heterocycles. The van der Waals surface area contributed by atoms with E-state index in [1.54, 1.807) is 51.2 Å². The van der Waals surface area contributed by atoms with Gasteiger partial charge in [0.05, 0.1) is 43.6 Å². The Labute approximate surface area is 274 Å². The van der Waals surface area contributed by atoms with Crippen molar-refractivity contribution in [2.45, 2.75) is 89.4 Å². The third-order valence-corrected chi connectivity index (χ3v) is 8.87. The Hall–Kier alpha value is -4.42. The quantitative estimate of drug-likeness (QED) is 0.370. The first-order valence-corrected chi connectivity index (χ1v) is 16.1. The summed E-state index contributed by atoms with van der Waals surface area (Å²) in [7, 11) is 0. The molecule has 3 aliphatic rings. The molecule has 6 rings (SSSR count). The first-order chi connectivity index (χ1) is 22.6. The number of aliphatic hydroxyl groups excluding tert-OH is 1. The number of carbonyl (C=O) groups is 3. The van der Waals surface area contributed by atoms with Crippen molar-refractivity contribution in [1.29, 1.82) is 0 Å². The average Bonchev–Trinajstić information content (AvgIpc) is 3.58. The van der Waals surface area contributed by atoms with Gasteiger partial charge in [-0.1, -0.05) is 6.07 Å². The lowest BCUT2D eigenvalue weighted by Gasteiger charge is -2.45. The van der Waals surface area contributed by atoms with Crippen LogP contribution in [0.5, 0.6) is 5.75 Å². The molecular formula is C35H42N4O8. The number of carbonyl (C=O) groups excluding carboxylic acids is 3. The minimum absolute atomic E-state index is 0.0429. The summed E-state index contributed by atoms with van der Waals surface area (Å²) < 4.78 is 22.5. The zero-order chi connectivity index (χ0) is 33.1. The zero-order valence-corrected chi connectivity index (χ0v) is 27.0. The number of nitrogens with zero attached hydrogens (tertiary/aromatic N) is 3. The fourth-order valence-electron chi connectivity index (χ4n) is 6.52. The molecule has 4 atom stereocenters. The van der Waals surface area contributed by atoms with Crippen molar-refractivity contribution >= 4 is 17.9 Å². The van der Waals surface area contributed by atoms with Gasteiger partial charge in [0.1, 0.15) is 18.0 Å². The lowest BCUT2D eigenvalue weighted by molar-refractivity contribution is -0.0565. The van der Waals surface area contributed by atoms with Gasteiger partial charge in [-0.3, -0.25) is 14.5 Å². The van der Waals surface area contributed by atoms with Gasteiger partial charge in [0, 0.05) is 24.2 Å². The Balaban J connectivity index is 1.10. The number of nitrogens with one attached hydrogen (secondary N) is 1. The predicted molar refractivity (Wildman–Crippen MR) is 170 cm³/mol. The van der Waals surface area contributed by atoms with Gasteiger partial charge in [-0.25, -0.2) is 9.78 Å². The first kappa shape index (κ1) is 32.5. The van der Waals surface area contributed by atoms with Crippen LogP contribution in [0.1, 0.15) is 77.6 Å². The fourth-order valence-corrected chi connectivity index (χ4v) is 6.52. The van der Waals surface area contributed by atoms with E-state index in [4.69, 9.17) is 18.6 Å². The lowest BCUT2D eigenvalue weighted by Crippen LogP contribution is -2.57. The maximum atomic E-state index is 13.3. The van der Waals surface area contributed by atoms with Gasteiger partial charge in [0.15, 0.2) is 12.2 Å². The lowest BCUT2D eigenvalue weighted by atomic mass is 9.91. The third kappa shape index (κ3) is 7.60. The van der Waals surface area contributed by atoms with Gasteiger partial charge in [-0.15, -0.1) is 0 Å². The number of hydrogen-bond acceptors (Lipinski definition) is 9. The number of benzene rings is 2. The van der Waals surface area contributed by atoms with E-state index in [9.17, 15) is 19.5 Å². The summed E-state index contributed by atoms with van der Waals surface area (Å²) in [4.78, 5) is 47.1. The van der Waals surface area contributed by atoms with E-state index in [1.807, 2.05) is 23.1 Å². The van der Waals surface area contributed by atoms with Gasteiger partial charge in [0.25, 0.3) is 11.8 Å². The summed E-state index contributed by atoms with van der Waals surface area (Å²) in [6, 6.07) is 11.7. The van der Waals surface area contributed by atoms with E-state index < -0.39 is 23.8 Å². The molecular weight excluding hydrogens is 604 g/mol. The van der Waals surface area contributed by atoms with E-state index in [-0.39, 0.29) is 43.6 Å². The van der Waals surface area contributed by atoms with Crippen molar-refractivity contribution in [2.24, 2.45) is 0 Å². The number of amides is 3. The van der Waals surface area contributed by atoms with Gasteiger partial charge in [0.2, 0.25) is 0 Å². The van der Waals surface area contributed by atoms with Gasteiger partial charge in [-0.2, -0.15) is 0 Å². The van der Waals surface area contributed by atoms with Crippen molar-refractivity contribution in [3.63, 3.8) is 0 Å². The number of hydrogen-bond donors (Lipinski definition) is 2. The van der Waals surface area contributed by atoms with E-state index in [2.05, 4.69) is 10.3 Å². The van der Waals surface area contributed by atoms with Crippen LogP contribution < -0.4 is 10.1 Å². The van der Waals surface area contributed by atoms with Gasteiger partial charge < -0.3 is 34.0 Å². The second-order valence-corrected chi connectivity index (χ2v) is 13.4.